The van der Waals surface area contributed by atoms with Gasteiger partial charge in [-0.25, -0.2) is 0 Å². The van der Waals surface area contributed by atoms with Crippen LogP contribution in [0.1, 0.15) is 32.9 Å². The molecule has 6 nitrogen and oxygen atoms in total. The Balaban J connectivity index is 1.93. The van der Waals surface area contributed by atoms with Gasteiger partial charge < -0.3 is 0 Å². The van der Waals surface area contributed by atoms with Crippen LogP contribution in [-0.2, 0) is 11.3 Å². The first kappa shape index (κ1) is 15.8. The Morgan fingerprint density at radius 3 is 2.18 bits per heavy atom. The van der Waals surface area contributed by atoms with E-state index in [2.05, 4.69) is 16.0 Å². The SMILES string of the molecule is Cc1cc(C)cc(C(=O)NNC(=O)Cn2nc(C)cc2C)c1. The molecule has 6 heteroatoms. The summed E-state index contributed by atoms with van der Waals surface area (Å²) in [5.74, 6) is -0.669. The Hall–Kier alpha value is -2.63. The van der Waals surface area contributed by atoms with E-state index in [4.69, 9.17) is 0 Å². The normalized spacial score (nSPS) is 10.4. The third-order valence-electron chi connectivity index (χ3n) is 3.20. The number of hydrogen-bond donors (Lipinski definition) is 2. The van der Waals surface area contributed by atoms with Crippen LogP contribution >= 0.6 is 0 Å². The number of hydrazine groups is 1. The maximum absolute atomic E-state index is 12.0. The third-order valence-corrected chi connectivity index (χ3v) is 3.20. The maximum atomic E-state index is 12.0. The largest absolute Gasteiger partial charge is 0.271 e. The molecule has 2 rings (SSSR count). The highest BCUT2D eigenvalue weighted by Gasteiger charge is 2.10. The fourth-order valence-electron chi connectivity index (χ4n) is 2.31. The summed E-state index contributed by atoms with van der Waals surface area (Å²) in [7, 11) is 0. The van der Waals surface area contributed by atoms with Crippen LogP contribution in [0.25, 0.3) is 0 Å². The molecule has 0 bridgehead atoms. The van der Waals surface area contributed by atoms with E-state index in [9.17, 15) is 9.59 Å². The molecule has 0 aliphatic rings. The molecular formula is C16H20N4O2. The zero-order valence-electron chi connectivity index (χ0n) is 13.2. The number of carbonyl (C=O) groups excluding carboxylic acids is 2. The predicted octanol–water partition coefficient (Wildman–Crippen LogP) is 1.58. The van der Waals surface area contributed by atoms with Crippen LogP contribution in [-0.4, -0.2) is 21.6 Å². The average Bonchev–Trinajstić information content (AvgIpc) is 2.73. The van der Waals surface area contributed by atoms with Gasteiger partial charge in [0.1, 0.15) is 6.54 Å². The average molecular weight is 300 g/mol. The number of nitrogens with zero attached hydrogens (tertiary/aromatic N) is 2. The van der Waals surface area contributed by atoms with Gasteiger partial charge in [0.05, 0.1) is 5.69 Å². The van der Waals surface area contributed by atoms with Gasteiger partial charge in [0.2, 0.25) is 0 Å². The Kier molecular flexibility index (Phi) is 4.60. The lowest BCUT2D eigenvalue weighted by Crippen LogP contribution is -2.43. The van der Waals surface area contributed by atoms with E-state index < -0.39 is 0 Å². The summed E-state index contributed by atoms with van der Waals surface area (Å²) in [6, 6.07) is 7.42. The van der Waals surface area contributed by atoms with Crippen molar-refractivity contribution in [2.75, 3.05) is 0 Å². The molecule has 0 atom stereocenters. The molecule has 1 aromatic carbocycles. The molecule has 116 valence electrons. The molecular weight excluding hydrogens is 280 g/mol. The summed E-state index contributed by atoms with van der Waals surface area (Å²) in [4.78, 5) is 23.9. The molecule has 22 heavy (non-hydrogen) atoms. The summed E-state index contributed by atoms with van der Waals surface area (Å²) >= 11 is 0. The van der Waals surface area contributed by atoms with Gasteiger partial charge in [0, 0.05) is 11.3 Å². The first-order valence-corrected chi connectivity index (χ1v) is 7.03. The number of nitrogens with one attached hydrogen (secondary N) is 2. The summed E-state index contributed by atoms with van der Waals surface area (Å²) < 4.78 is 1.59. The molecule has 2 aromatic rings. The summed E-state index contributed by atoms with van der Waals surface area (Å²) in [6.45, 7) is 7.65. The van der Waals surface area contributed by atoms with Crippen LogP contribution in [0, 0.1) is 27.7 Å². The van der Waals surface area contributed by atoms with Crippen LogP contribution in [0.5, 0.6) is 0 Å². The lowest BCUT2D eigenvalue weighted by Gasteiger charge is -2.09. The first-order valence-electron chi connectivity index (χ1n) is 7.03. The minimum atomic E-state index is -0.339. The van der Waals surface area contributed by atoms with E-state index in [1.54, 1.807) is 16.8 Å². The van der Waals surface area contributed by atoms with Crippen LogP contribution in [0.3, 0.4) is 0 Å². The molecule has 2 amide bonds. The zero-order chi connectivity index (χ0) is 16.3. The van der Waals surface area contributed by atoms with Crippen molar-refractivity contribution in [3.63, 3.8) is 0 Å². The van der Waals surface area contributed by atoms with Gasteiger partial charge in [-0.3, -0.25) is 25.1 Å². The Morgan fingerprint density at radius 1 is 1.00 bits per heavy atom. The molecule has 0 radical (unpaired) electrons. The minimum absolute atomic E-state index is 0.0623. The maximum Gasteiger partial charge on any atom is 0.269 e. The van der Waals surface area contributed by atoms with Gasteiger partial charge in [-0.15, -0.1) is 0 Å². The van der Waals surface area contributed by atoms with Crippen molar-refractivity contribution >= 4 is 11.8 Å². The van der Waals surface area contributed by atoms with Crippen molar-refractivity contribution in [1.29, 1.82) is 0 Å². The number of benzene rings is 1. The fraction of sp³-hybridized carbons (Fsp3) is 0.312. The number of amides is 2. The van der Waals surface area contributed by atoms with E-state index in [1.165, 1.54) is 0 Å². The van der Waals surface area contributed by atoms with Gasteiger partial charge in [0.25, 0.3) is 11.8 Å². The van der Waals surface area contributed by atoms with Gasteiger partial charge in [-0.05, 0) is 45.9 Å². The van der Waals surface area contributed by atoms with E-state index in [0.717, 1.165) is 22.5 Å². The van der Waals surface area contributed by atoms with E-state index >= 15 is 0 Å². The Labute approximate surface area is 129 Å². The lowest BCUT2D eigenvalue weighted by molar-refractivity contribution is -0.122. The second-order valence-electron chi connectivity index (χ2n) is 5.46. The molecule has 0 fully saturated rings. The van der Waals surface area contributed by atoms with Gasteiger partial charge in [0.15, 0.2) is 0 Å². The molecule has 0 saturated heterocycles. The van der Waals surface area contributed by atoms with Gasteiger partial charge in [-0.2, -0.15) is 5.10 Å². The highest BCUT2D eigenvalue weighted by Crippen LogP contribution is 2.08. The minimum Gasteiger partial charge on any atom is -0.271 e. The number of aryl methyl sites for hydroxylation is 4. The topological polar surface area (TPSA) is 76.0 Å². The van der Waals surface area contributed by atoms with Crippen molar-refractivity contribution in [3.8, 4) is 0 Å². The van der Waals surface area contributed by atoms with Crippen molar-refractivity contribution in [2.24, 2.45) is 0 Å². The zero-order valence-corrected chi connectivity index (χ0v) is 13.2. The molecule has 0 spiro atoms. The molecule has 2 N–H and O–H groups in total. The van der Waals surface area contributed by atoms with Crippen LogP contribution in [0.2, 0.25) is 0 Å². The number of aromatic nitrogens is 2. The number of hydrogen-bond acceptors (Lipinski definition) is 3. The van der Waals surface area contributed by atoms with Crippen molar-refractivity contribution in [2.45, 2.75) is 34.2 Å². The Morgan fingerprint density at radius 2 is 1.64 bits per heavy atom. The standard InChI is InChI=1S/C16H20N4O2/c1-10-5-11(2)7-14(6-10)16(22)18-17-15(21)9-20-13(4)8-12(3)19-20/h5-8H,9H2,1-4H3,(H,17,21)(H,18,22). The predicted molar refractivity (Wildman–Crippen MR) is 83.2 cm³/mol. The van der Waals surface area contributed by atoms with Crippen molar-refractivity contribution in [1.82, 2.24) is 20.6 Å². The highest BCUT2D eigenvalue weighted by molar-refractivity contribution is 5.95. The van der Waals surface area contributed by atoms with Crippen LogP contribution in [0.15, 0.2) is 24.3 Å². The molecule has 0 unspecified atom stereocenters. The second kappa shape index (κ2) is 6.43. The van der Waals surface area contributed by atoms with Gasteiger partial charge in [-0.1, -0.05) is 17.2 Å². The molecule has 0 aliphatic heterocycles. The summed E-state index contributed by atoms with van der Waals surface area (Å²) in [5.41, 5.74) is 9.09. The first-order chi connectivity index (χ1) is 10.3. The van der Waals surface area contributed by atoms with Crippen LogP contribution < -0.4 is 10.9 Å². The van der Waals surface area contributed by atoms with Crippen LogP contribution in [0.4, 0.5) is 0 Å². The highest BCUT2D eigenvalue weighted by atomic mass is 16.2. The third kappa shape index (κ3) is 3.94. The molecule has 0 aliphatic carbocycles. The van der Waals surface area contributed by atoms with E-state index in [0.29, 0.717) is 5.56 Å². The van der Waals surface area contributed by atoms with Crippen molar-refractivity contribution < 1.29 is 9.59 Å². The smallest absolute Gasteiger partial charge is 0.269 e. The summed E-state index contributed by atoms with van der Waals surface area (Å²) in [5, 5.41) is 4.20. The van der Waals surface area contributed by atoms with E-state index in [-0.39, 0.29) is 18.4 Å². The molecule has 0 saturated carbocycles. The fourth-order valence-corrected chi connectivity index (χ4v) is 2.31. The second-order valence-corrected chi connectivity index (χ2v) is 5.46. The number of rotatable bonds is 3. The lowest BCUT2D eigenvalue weighted by atomic mass is 10.1. The Bertz CT molecular complexity index is 699. The van der Waals surface area contributed by atoms with Crippen molar-refractivity contribution in [3.05, 3.63) is 52.3 Å². The van der Waals surface area contributed by atoms with Gasteiger partial charge >= 0.3 is 0 Å². The molecule has 1 aromatic heterocycles. The van der Waals surface area contributed by atoms with E-state index in [1.807, 2.05) is 39.8 Å². The number of carbonyl (C=O) groups is 2. The summed E-state index contributed by atoms with van der Waals surface area (Å²) in [6.07, 6.45) is 0. The molecule has 1 heterocycles. The quantitative estimate of drug-likeness (QED) is 0.845. The monoisotopic (exact) mass is 300 g/mol.